The number of anilines is 1. The number of nitrogens with two attached hydrogens (primary N) is 1. The number of rotatable bonds is 6. The van der Waals surface area contributed by atoms with Gasteiger partial charge in [0.05, 0.1) is 5.69 Å². The van der Waals surface area contributed by atoms with Gasteiger partial charge >= 0.3 is 0 Å². The summed E-state index contributed by atoms with van der Waals surface area (Å²) < 4.78 is 14.2. The van der Waals surface area contributed by atoms with Crippen molar-refractivity contribution in [3.8, 4) is 0 Å². The molecule has 2 aromatic rings. The van der Waals surface area contributed by atoms with Gasteiger partial charge < -0.3 is 10.6 Å². The highest BCUT2D eigenvalue weighted by Gasteiger charge is 2.11. The number of hydrogen-bond donors (Lipinski definition) is 1. The standard InChI is InChI=1S/C17H21FN2/c1-2-20(13-15-6-4-3-5-7-15)17-9-8-14(10-11-19)12-16(17)18/h3-9,12H,2,10-11,13,19H2,1H3. The van der Waals surface area contributed by atoms with Crippen molar-refractivity contribution in [3.63, 3.8) is 0 Å². The third-order valence-corrected chi connectivity index (χ3v) is 3.38. The van der Waals surface area contributed by atoms with Gasteiger partial charge in [-0.05, 0) is 43.1 Å². The third kappa shape index (κ3) is 3.58. The molecule has 0 atom stereocenters. The lowest BCUT2D eigenvalue weighted by atomic mass is 10.1. The molecule has 0 aliphatic heterocycles. The zero-order chi connectivity index (χ0) is 14.4. The molecule has 106 valence electrons. The Balaban J connectivity index is 2.19. The van der Waals surface area contributed by atoms with Gasteiger partial charge in [0.15, 0.2) is 0 Å². The molecule has 0 aromatic heterocycles. The molecule has 0 unspecified atom stereocenters. The van der Waals surface area contributed by atoms with Gasteiger partial charge in [-0.25, -0.2) is 4.39 Å². The fourth-order valence-corrected chi connectivity index (χ4v) is 2.30. The molecule has 0 saturated heterocycles. The lowest BCUT2D eigenvalue weighted by Crippen LogP contribution is -2.23. The molecule has 0 saturated carbocycles. The topological polar surface area (TPSA) is 29.3 Å². The van der Waals surface area contributed by atoms with Crippen LogP contribution in [0.4, 0.5) is 10.1 Å². The van der Waals surface area contributed by atoms with E-state index >= 15 is 0 Å². The second-order valence-electron chi connectivity index (χ2n) is 4.82. The maximum atomic E-state index is 14.2. The van der Waals surface area contributed by atoms with Crippen molar-refractivity contribution in [1.29, 1.82) is 0 Å². The number of nitrogens with zero attached hydrogens (tertiary/aromatic N) is 1. The molecule has 2 aromatic carbocycles. The Morgan fingerprint density at radius 3 is 2.40 bits per heavy atom. The van der Waals surface area contributed by atoms with Gasteiger partial charge in [0.2, 0.25) is 0 Å². The molecule has 0 amide bonds. The highest BCUT2D eigenvalue weighted by molar-refractivity contribution is 5.49. The molecule has 2 nitrogen and oxygen atoms in total. The predicted molar refractivity (Wildman–Crippen MR) is 82.3 cm³/mol. The summed E-state index contributed by atoms with van der Waals surface area (Å²) in [7, 11) is 0. The van der Waals surface area contributed by atoms with Crippen LogP contribution in [0.5, 0.6) is 0 Å². The van der Waals surface area contributed by atoms with E-state index in [4.69, 9.17) is 5.73 Å². The quantitative estimate of drug-likeness (QED) is 0.873. The fourth-order valence-electron chi connectivity index (χ4n) is 2.30. The Bertz CT molecular complexity index is 540. The van der Waals surface area contributed by atoms with Gasteiger partial charge in [-0.1, -0.05) is 36.4 Å². The Hall–Kier alpha value is -1.87. The van der Waals surface area contributed by atoms with Gasteiger partial charge in [0.25, 0.3) is 0 Å². The molecule has 0 radical (unpaired) electrons. The van der Waals surface area contributed by atoms with Crippen LogP contribution in [0.1, 0.15) is 18.1 Å². The zero-order valence-corrected chi connectivity index (χ0v) is 11.8. The van der Waals surface area contributed by atoms with E-state index in [0.717, 1.165) is 12.1 Å². The summed E-state index contributed by atoms with van der Waals surface area (Å²) >= 11 is 0. The molecule has 20 heavy (non-hydrogen) atoms. The third-order valence-electron chi connectivity index (χ3n) is 3.38. The van der Waals surface area contributed by atoms with Gasteiger partial charge in [-0.2, -0.15) is 0 Å². The predicted octanol–water partition coefficient (Wildman–Crippen LogP) is 3.35. The van der Waals surface area contributed by atoms with Crippen LogP contribution < -0.4 is 10.6 Å². The van der Waals surface area contributed by atoms with Crippen molar-refractivity contribution in [2.45, 2.75) is 19.9 Å². The van der Waals surface area contributed by atoms with E-state index in [0.29, 0.717) is 25.2 Å². The normalized spacial score (nSPS) is 10.6. The smallest absolute Gasteiger partial charge is 0.146 e. The second kappa shape index (κ2) is 7.06. The highest BCUT2D eigenvalue weighted by Crippen LogP contribution is 2.22. The van der Waals surface area contributed by atoms with Crippen LogP contribution in [0, 0.1) is 5.82 Å². The fraction of sp³-hybridized carbons (Fsp3) is 0.294. The zero-order valence-electron chi connectivity index (χ0n) is 11.8. The minimum Gasteiger partial charge on any atom is -0.365 e. The summed E-state index contributed by atoms with van der Waals surface area (Å²) in [6, 6.07) is 15.5. The first-order valence-corrected chi connectivity index (χ1v) is 7.02. The number of hydrogen-bond acceptors (Lipinski definition) is 2. The highest BCUT2D eigenvalue weighted by atomic mass is 19.1. The van der Waals surface area contributed by atoms with Gasteiger partial charge in [-0.3, -0.25) is 0 Å². The van der Waals surface area contributed by atoms with Crippen LogP contribution in [-0.2, 0) is 13.0 Å². The molecule has 0 bridgehead atoms. The minimum absolute atomic E-state index is 0.172. The first-order valence-electron chi connectivity index (χ1n) is 7.02. The van der Waals surface area contributed by atoms with Crippen LogP contribution in [-0.4, -0.2) is 13.1 Å². The number of halogens is 1. The first-order chi connectivity index (χ1) is 9.74. The SMILES string of the molecule is CCN(Cc1ccccc1)c1ccc(CCN)cc1F. The van der Waals surface area contributed by atoms with E-state index in [1.807, 2.05) is 42.2 Å². The maximum absolute atomic E-state index is 14.2. The van der Waals surface area contributed by atoms with Crippen molar-refractivity contribution in [2.75, 3.05) is 18.0 Å². The summed E-state index contributed by atoms with van der Waals surface area (Å²) in [5.74, 6) is -0.172. The Kier molecular flexibility index (Phi) is 5.13. The molecule has 2 rings (SSSR count). The first kappa shape index (κ1) is 14.5. The van der Waals surface area contributed by atoms with E-state index < -0.39 is 0 Å². The average molecular weight is 272 g/mol. The lowest BCUT2D eigenvalue weighted by Gasteiger charge is -2.24. The molecule has 2 N–H and O–H groups in total. The largest absolute Gasteiger partial charge is 0.365 e. The van der Waals surface area contributed by atoms with Gasteiger partial charge in [0.1, 0.15) is 5.82 Å². The van der Waals surface area contributed by atoms with Crippen LogP contribution in [0.25, 0.3) is 0 Å². The second-order valence-corrected chi connectivity index (χ2v) is 4.82. The van der Waals surface area contributed by atoms with Crippen molar-refractivity contribution < 1.29 is 4.39 Å². The van der Waals surface area contributed by atoms with Crippen molar-refractivity contribution >= 4 is 5.69 Å². The van der Waals surface area contributed by atoms with Crippen molar-refractivity contribution in [3.05, 3.63) is 65.5 Å². The number of benzene rings is 2. The van der Waals surface area contributed by atoms with E-state index in [9.17, 15) is 4.39 Å². The Labute approximate surface area is 120 Å². The summed E-state index contributed by atoms with van der Waals surface area (Å²) in [6.07, 6.45) is 0.710. The average Bonchev–Trinajstić information content (AvgIpc) is 2.47. The van der Waals surface area contributed by atoms with E-state index in [1.165, 1.54) is 5.56 Å². The summed E-state index contributed by atoms with van der Waals surface area (Å²) in [4.78, 5) is 2.04. The van der Waals surface area contributed by atoms with Crippen molar-refractivity contribution in [2.24, 2.45) is 5.73 Å². The lowest BCUT2D eigenvalue weighted by molar-refractivity contribution is 0.615. The van der Waals surface area contributed by atoms with Gasteiger partial charge in [-0.15, -0.1) is 0 Å². The van der Waals surface area contributed by atoms with Crippen LogP contribution >= 0.6 is 0 Å². The molecule has 0 heterocycles. The van der Waals surface area contributed by atoms with Crippen LogP contribution in [0.15, 0.2) is 48.5 Å². The maximum Gasteiger partial charge on any atom is 0.146 e. The summed E-state index contributed by atoms with van der Waals surface area (Å²) in [6.45, 7) is 4.06. The molecular formula is C17H21FN2. The molecule has 0 spiro atoms. The molecule has 0 aliphatic rings. The minimum atomic E-state index is -0.172. The Morgan fingerprint density at radius 1 is 1.05 bits per heavy atom. The molecule has 0 fully saturated rings. The molecule has 0 aliphatic carbocycles. The monoisotopic (exact) mass is 272 g/mol. The summed E-state index contributed by atoms with van der Waals surface area (Å²) in [5, 5.41) is 0. The van der Waals surface area contributed by atoms with Crippen molar-refractivity contribution in [1.82, 2.24) is 0 Å². The molecular weight excluding hydrogens is 251 g/mol. The van der Waals surface area contributed by atoms with Crippen LogP contribution in [0.2, 0.25) is 0 Å². The summed E-state index contributed by atoms with van der Waals surface area (Å²) in [5.41, 5.74) is 8.28. The van der Waals surface area contributed by atoms with Gasteiger partial charge in [0, 0.05) is 13.1 Å². The molecule has 3 heteroatoms. The van der Waals surface area contributed by atoms with Crippen LogP contribution in [0.3, 0.4) is 0 Å². The Morgan fingerprint density at radius 2 is 1.80 bits per heavy atom. The van der Waals surface area contributed by atoms with E-state index in [-0.39, 0.29) is 5.82 Å². The van der Waals surface area contributed by atoms with E-state index in [1.54, 1.807) is 6.07 Å². The van der Waals surface area contributed by atoms with E-state index in [2.05, 4.69) is 12.1 Å².